The van der Waals surface area contributed by atoms with Gasteiger partial charge < -0.3 is 19.2 Å². The van der Waals surface area contributed by atoms with Crippen LogP contribution in [-0.4, -0.2) is 17.5 Å². The molecule has 0 aliphatic carbocycles. The summed E-state index contributed by atoms with van der Waals surface area (Å²) in [7, 11) is 0. The van der Waals surface area contributed by atoms with Crippen molar-refractivity contribution < 1.29 is 18.7 Å². The number of fused-ring (bicyclic) bond motifs is 1. The van der Waals surface area contributed by atoms with Crippen LogP contribution in [0.2, 0.25) is 0 Å². The lowest BCUT2D eigenvalue weighted by molar-refractivity contribution is -0.118. The van der Waals surface area contributed by atoms with Gasteiger partial charge in [0.15, 0.2) is 13.2 Å². The number of oxazole rings is 1. The Morgan fingerprint density at radius 1 is 1.36 bits per heavy atom. The minimum Gasteiger partial charge on any atom is -0.482 e. The standard InChI is InChI=1S/C16H18N2O4/c1-16(2,3)12-7-17-14(22-12)9-21-11-6-4-5-10-15(11)18-13(19)8-20-10/h4-7H,8-9H2,1-3H3,(H,18,19). The van der Waals surface area contributed by atoms with Crippen molar-refractivity contribution in [2.24, 2.45) is 0 Å². The normalized spacial score (nSPS) is 14.0. The maximum absolute atomic E-state index is 11.4. The predicted octanol–water partition coefficient (Wildman–Crippen LogP) is 2.88. The maximum atomic E-state index is 11.4. The molecule has 1 aromatic heterocycles. The third kappa shape index (κ3) is 2.90. The Labute approximate surface area is 128 Å². The van der Waals surface area contributed by atoms with E-state index in [1.165, 1.54) is 0 Å². The van der Waals surface area contributed by atoms with E-state index in [1.54, 1.807) is 18.3 Å². The quantitative estimate of drug-likeness (QED) is 0.943. The van der Waals surface area contributed by atoms with Gasteiger partial charge in [0.1, 0.15) is 22.9 Å². The summed E-state index contributed by atoms with van der Waals surface area (Å²) in [4.78, 5) is 15.7. The van der Waals surface area contributed by atoms with Gasteiger partial charge in [-0.3, -0.25) is 4.79 Å². The van der Waals surface area contributed by atoms with E-state index in [1.807, 2.05) is 6.07 Å². The van der Waals surface area contributed by atoms with E-state index in [2.05, 4.69) is 31.1 Å². The Kier molecular flexibility index (Phi) is 3.52. The smallest absolute Gasteiger partial charge is 0.262 e. The molecule has 0 spiro atoms. The molecule has 0 saturated carbocycles. The molecule has 1 amide bonds. The van der Waals surface area contributed by atoms with E-state index < -0.39 is 0 Å². The van der Waals surface area contributed by atoms with Crippen LogP contribution in [0.5, 0.6) is 11.5 Å². The molecule has 2 heterocycles. The van der Waals surface area contributed by atoms with Crippen molar-refractivity contribution in [3.63, 3.8) is 0 Å². The summed E-state index contributed by atoms with van der Waals surface area (Å²) in [6.07, 6.45) is 1.71. The summed E-state index contributed by atoms with van der Waals surface area (Å²) < 4.78 is 16.7. The molecule has 6 heteroatoms. The minimum atomic E-state index is -0.199. The first kappa shape index (κ1) is 14.4. The van der Waals surface area contributed by atoms with Crippen molar-refractivity contribution in [1.82, 2.24) is 4.98 Å². The molecule has 1 N–H and O–H groups in total. The number of nitrogens with zero attached hydrogens (tertiary/aromatic N) is 1. The maximum Gasteiger partial charge on any atom is 0.262 e. The molecule has 6 nitrogen and oxygen atoms in total. The number of rotatable bonds is 3. The Morgan fingerprint density at radius 2 is 2.18 bits per heavy atom. The van der Waals surface area contributed by atoms with Crippen molar-refractivity contribution >= 4 is 11.6 Å². The van der Waals surface area contributed by atoms with Crippen molar-refractivity contribution in [2.45, 2.75) is 32.8 Å². The number of amides is 1. The largest absolute Gasteiger partial charge is 0.482 e. The highest BCUT2D eigenvalue weighted by Crippen LogP contribution is 2.36. The van der Waals surface area contributed by atoms with Gasteiger partial charge in [-0.05, 0) is 12.1 Å². The molecular weight excluding hydrogens is 284 g/mol. The van der Waals surface area contributed by atoms with Crippen molar-refractivity contribution in [3.05, 3.63) is 36.0 Å². The Balaban J connectivity index is 1.75. The van der Waals surface area contributed by atoms with Gasteiger partial charge in [0.25, 0.3) is 5.91 Å². The van der Waals surface area contributed by atoms with Gasteiger partial charge >= 0.3 is 0 Å². The van der Waals surface area contributed by atoms with Gasteiger partial charge in [0.2, 0.25) is 5.89 Å². The molecule has 0 unspecified atom stereocenters. The van der Waals surface area contributed by atoms with E-state index >= 15 is 0 Å². The molecule has 0 atom stereocenters. The first-order valence-electron chi connectivity index (χ1n) is 7.07. The van der Waals surface area contributed by atoms with Crippen LogP contribution < -0.4 is 14.8 Å². The number of carbonyl (C=O) groups excluding carboxylic acids is 1. The summed E-state index contributed by atoms with van der Waals surface area (Å²) in [5, 5.41) is 2.75. The lowest BCUT2D eigenvalue weighted by Gasteiger charge is -2.20. The highest BCUT2D eigenvalue weighted by Gasteiger charge is 2.21. The highest BCUT2D eigenvalue weighted by atomic mass is 16.5. The van der Waals surface area contributed by atoms with Crippen LogP contribution in [0.1, 0.15) is 32.4 Å². The molecule has 0 saturated heterocycles. The molecular formula is C16H18N2O4. The zero-order valence-corrected chi connectivity index (χ0v) is 12.8. The summed E-state index contributed by atoms with van der Waals surface area (Å²) in [6.45, 7) is 6.36. The van der Waals surface area contributed by atoms with Crippen LogP contribution in [0.25, 0.3) is 0 Å². The lowest BCUT2D eigenvalue weighted by atomic mass is 9.94. The Hall–Kier alpha value is -2.50. The zero-order valence-electron chi connectivity index (χ0n) is 12.8. The average Bonchev–Trinajstić information content (AvgIpc) is 2.94. The minimum absolute atomic E-state index is 0.0190. The van der Waals surface area contributed by atoms with Crippen LogP contribution in [0.15, 0.2) is 28.8 Å². The Morgan fingerprint density at radius 3 is 2.91 bits per heavy atom. The van der Waals surface area contributed by atoms with Gasteiger partial charge in [-0.15, -0.1) is 0 Å². The molecule has 0 fully saturated rings. The van der Waals surface area contributed by atoms with E-state index in [0.29, 0.717) is 23.1 Å². The fourth-order valence-electron chi connectivity index (χ4n) is 2.06. The molecule has 1 aromatic carbocycles. The molecule has 22 heavy (non-hydrogen) atoms. The number of benzene rings is 1. The van der Waals surface area contributed by atoms with Crippen LogP contribution in [0.4, 0.5) is 5.69 Å². The van der Waals surface area contributed by atoms with Crippen molar-refractivity contribution in [2.75, 3.05) is 11.9 Å². The lowest BCUT2D eigenvalue weighted by Crippen LogP contribution is -2.25. The van der Waals surface area contributed by atoms with E-state index in [9.17, 15) is 4.79 Å². The van der Waals surface area contributed by atoms with E-state index in [-0.39, 0.29) is 24.5 Å². The van der Waals surface area contributed by atoms with Gasteiger partial charge in [-0.25, -0.2) is 4.98 Å². The van der Waals surface area contributed by atoms with Gasteiger partial charge in [0, 0.05) is 5.41 Å². The molecule has 1 aliphatic heterocycles. The van der Waals surface area contributed by atoms with Gasteiger partial charge in [-0.2, -0.15) is 0 Å². The Bertz CT molecular complexity index is 700. The number of anilines is 1. The molecule has 1 aliphatic rings. The van der Waals surface area contributed by atoms with Crippen molar-refractivity contribution in [1.29, 1.82) is 0 Å². The summed E-state index contributed by atoms with van der Waals surface area (Å²) in [5.41, 5.74) is 0.445. The SMILES string of the molecule is CC(C)(C)c1cnc(COc2cccc3c2NC(=O)CO3)o1. The number of carbonyl (C=O) groups is 1. The number of hydrogen-bond acceptors (Lipinski definition) is 5. The number of aromatic nitrogens is 1. The van der Waals surface area contributed by atoms with Crippen LogP contribution in [0.3, 0.4) is 0 Å². The van der Waals surface area contributed by atoms with Crippen LogP contribution in [-0.2, 0) is 16.8 Å². The zero-order chi connectivity index (χ0) is 15.7. The number of ether oxygens (including phenoxy) is 2. The third-order valence-electron chi connectivity index (χ3n) is 3.26. The topological polar surface area (TPSA) is 73.6 Å². The second-order valence-electron chi connectivity index (χ2n) is 6.12. The first-order chi connectivity index (χ1) is 10.4. The second kappa shape index (κ2) is 5.36. The molecule has 116 valence electrons. The van der Waals surface area contributed by atoms with Gasteiger partial charge in [0.05, 0.1) is 6.20 Å². The third-order valence-corrected chi connectivity index (χ3v) is 3.26. The molecule has 2 aromatic rings. The molecule has 0 bridgehead atoms. The number of para-hydroxylation sites is 1. The van der Waals surface area contributed by atoms with Gasteiger partial charge in [-0.1, -0.05) is 26.8 Å². The molecule has 3 rings (SSSR count). The summed E-state index contributed by atoms with van der Waals surface area (Å²) in [6, 6.07) is 5.35. The number of nitrogens with one attached hydrogen (secondary N) is 1. The average molecular weight is 302 g/mol. The van der Waals surface area contributed by atoms with E-state index in [4.69, 9.17) is 13.9 Å². The predicted molar refractivity (Wildman–Crippen MR) is 80.1 cm³/mol. The fourth-order valence-corrected chi connectivity index (χ4v) is 2.06. The highest BCUT2D eigenvalue weighted by molar-refractivity contribution is 5.97. The van der Waals surface area contributed by atoms with Crippen LogP contribution in [0, 0.1) is 0 Å². The van der Waals surface area contributed by atoms with Crippen LogP contribution >= 0.6 is 0 Å². The second-order valence-corrected chi connectivity index (χ2v) is 6.12. The summed E-state index contributed by atoms with van der Waals surface area (Å²) in [5.74, 6) is 2.22. The summed E-state index contributed by atoms with van der Waals surface area (Å²) >= 11 is 0. The fraction of sp³-hybridized carbons (Fsp3) is 0.375. The number of hydrogen-bond donors (Lipinski definition) is 1. The van der Waals surface area contributed by atoms with E-state index in [0.717, 1.165) is 5.76 Å². The monoisotopic (exact) mass is 302 g/mol. The first-order valence-corrected chi connectivity index (χ1v) is 7.07. The molecule has 0 radical (unpaired) electrons. The van der Waals surface area contributed by atoms with Crippen molar-refractivity contribution in [3.8, 4) is 11.5 Å².